The minimum absolute atomic E-state index is 0.0844. The van der Waals surface area contributed by atoms with Crippen molar-refractivity contribution >= 4 is 17.8 Å². The summed E-state index contributed by atoms with van der Waals surface area (Å²) in [4.78, 5) is 37.4. The number of aliphatic carboxylic acids is 1. The van der Waals surface area contributed by atoms with Crippen LogP contribution in [0.1, 0.15) is 19.8 Å². The van der Waals surface area contributed by atoms with E-state index < -0.39 is 11.9 Å². The largest absolute Gasteiger partial charge is 0.481 e. The molecule has 2 saturated heterocycles. The molecule has 2 rings (SSSR count). The summed E-state index contributed by atoms with van der Waals surface area (Å²) in [5, 5.41) is 8.80. The van der Waals surface area contributed by atoms with E-state index in [2.05, 4.69) is 0 Å². The fourth-order valence-electron chi connectivity index (χ4n) is 2.44. The van der Waals surface area contributed by atoms with Gasteiger partial charge in [0.15, 0.2) is 0 Å². The van der Waals surface area contributed by atoms with Gasteiger partial charge in [-0.25, -0.2) is 0 Å². The van der Waals surface area contributed by atoms with Crippen LogP contribution in [0.5, 0.6) is 0 Å². The van der Waals surface area contributed by atoms with Crippen LogP contribution in [0, 0.1) is 5.92 Å². The van der Waals surface area contributed by atoms with Crippen LogP contribution in [0.3, 0.4) is 0 Å². The molecule has 2 amide bonds. The molecule has 0 aliphatic carbocycles. The van der Waals surface area contributed by atoms with Crippen molar-refractivity contribution in [3.05, 3.63) is 0 Å². The van der Waals surface area contributed by atoms with E-state index in [-0.39, 0.29) is 17.9 Å². The molecule has 0 spiro atoms. The van der Waals surface area contributed by atoms with Crippen molar-refractivity contribution in [1.82, 2.24) is 9.80 Å². The number of rotatable bonds is 2. The lowest BCUT2D eigenvalue weighted by Crippen LogP contribution is -2.54. The molecule has 6 heteroatoms. The Bertz CT molecular complexity index is 368. The van der Waals surface area contributed by atoms with Crippen LogP contribution in [-0.4, -0.2) is 58.4 Å². The maximum atomic E-state index is 11.9. The van der Waals surface area contributed by atoms with Crippen molar-refractivity contribution in [2.45, 2.75) is 25.8 Å². The van der Waals surface area contributed by atoms with Gasteiger partial charge in [0.05, 0.1) is 0 Å². The SMILES string of the molecule is CC(C(=O)O)C(=O)N1CCN2C(=O)CCC2C1. The second-order valence-electron chi connectivity index (χ2n) is 4.62. The fraction of sp³-hybridized carbons (Fsp3) is 0.727. The first-order valence-electron chi connectivity index (χ1n) is 5.81. The van der Waals surface area contributed by atoms with E-state index in [9.17, 15) is 14.4 Å². The number of nitrogens with zero attached hydrogens (tertiary/aromatic N) is 2. The van der Waals surface area contributed by atoms with Gasteiger partial charge in [0, 0.05) is 32.1 Å². The topological polar surface area (TPSA) is 77.9 Å². The molecule has 0 saturated carbocycles. The first-order valence-corrected chi connectivity index (χ1v) is 5.81. The van der Waals surface area contributed by atoms with Gasteiger partial charge in [-0.2, -0.15) is 0 Å². The van der Waals surface area contributed by atoms with Gasteiger partial charge < -0.3 is 14.9 Å². The number of fused-ring (bicyclic) bond motifs is 1. The van der Waals surface area contributed by atoms with E-state index >= 15 is 0 Å². The lowest BCUT2D eigenvalue weighted by atomic mass is 10.1. The molecule has 2 aliphatic rings. The fourth-order valence-corrected chi connectivity index (χ4v) is 2.44. The molecular weight excluding hydrogens is 224 g/mol. The molecule has 1 N–H and O–H groups in total. The van der Waals surface area contributed by atoms with Crippen LogP contribution in [0.2, 0.25) is 0 Å². The molecule has 0 aromatic rings. The Kier molecular flexibility index (Phi) is 3.04. The molecule has 0 aromatic carbocycles. The third-order valence-electron chi connectivity index (χ3n) is 3.55. The lowest BCUT2D eigenvalue weighted by Gasteiger charge is -2.38. The predicted octanol–water partition coefficient (Wildman–Crippen LogP) is -0.460. The van der Waals surface area contributed by atoms with Gasteiger partial charge in [-0.1, -0.05) is 0 Å². The number of piperazine rings is 1. The summed E-state index contributed by atoms with van der Waals surface area (Å²) in [5.41, 5.74) is 0. The average Bonchev–Trinajstić information content (AvgIpc) is 2.68. The third-order valence-corrected chi connectivity index (χ3v) is 3.55. The standard InChI is InChI=1S/C11H16N2O4/c1-7(11(16)17)10(15)12-4-5-13-8(6-12)2-3-9(13)14/h7-8H,2-6H2,1H3,(H,16,17). The summed E-state index contributed by atoms with van der Waals surface area (Å²) < 4.78 is 0. The van der Waals surface area contributed by atoms with E-state index in [0.29, 0.717) is 26.1 Å². The normalized spacial score (nSPS) is 25.7. The Morgan fingerprint density at radius 1 is 1.41 bits per heavy atom. The van der Waals surface area contributed by atoms with Gasteiger partial charge in [-0.3, -0.25) is 14.4 Å². The van der Waals surface area contributed by atoms with Crippen molar-refractivity contribution in [3.63, 3.8) is 0 Å². The first kappa shape index (κ1) is 11.9. The smallest absolute Gasteiger partial charge is 0.315 e. The summed E-state index contributed by atoms with van der Waals surface area (Å²) in [5.74, 6) is -2.30. The Morgan fingerprint density at radius 3 is 2.76 bits per heavy atom. The first-order chi connectivity index (χ1) is 8.00. The molecule has 2 atom stereocenters. The third kappa shape index (κ3) is 2.11. The van der Waals surface area contributed by atoms with Gasteiger partial charge >= 0.3 is 5.97 Å². The molecule has 0 aromatic heterocycles. The van der Waals surface area contributed by atoms with Crippen LogP contribution in [0.15, 0.2) is 0 Å². The highest BCUT2D eigenvalue weighted by molar-refractivity contribution is 5.96. The lowest BCUT2D eigenvalue weighted by molar-refractivity contribution is -0.152. The summed E-state index contributed by atoms with van der Waals surface area (Å²) in [6, 6.07) is 0.0844. The molecule has 0 bridgehead atoms. The summed E-state index contributed by atoms with van der Waals surface area (Å²) in [7, 11) is 0. The Hall–Kier alpha value is -1.59. The van der Waals surface area contributed by atoms with Gasteiger partial charge in [0.2, 0.25) is 11.8 Å². The maximum absolute atomic E-state index is 11.9. The van der Waals surface area contributed by atoms with E-state index in [1.165, 1.54) is 6.92 Å². The van der Waals surface area contributed by atoms with Crippen molar-refractivity contribution in [1.29, 1.82) is 0 Å². The predicted molar refractivity (Wildman–Crippen MR) is 58.1 cm³/mol. The van der Waals surface area contributed by atoms with Crippen LogP contribution >= 0.6 is 0 Å². The molecule has 2 unspecified atom stereocenters. The second-order valence-corrected chi connectivity index (χ2v) is 4.62. The zero-order chi connectivity index (χ0) is 12.6. The second kappa shape index (κ2) is 4.35. The van der Waals surface area contributed by atoms with Crippen molar-refractivity contribution in [2.75, 3.05) is 19.6 Å². The summed E-state index contributed by atoms with van der Waals surface area (Å²) >= 11 is 0. The quantitative estimate of drug-likeness (QED) is 0.662. The Morgan fingerprint density at radius 2 is 2.12 bits per heavy atom. The number of hydrogen-bond acceptors (Lipinski definition) is 3. The van der Waals surface area contributed by atoms with Crippen LogP contribution in [0.25, 0.3) is 0 Å². The molecule has 2 heterocycles. The van der Waals surface area contributed by atoms with Crippen LogP contribution in [0.4, 0.5) is 0 Å². The van der Waals surface area contributed by atoms with E-state index in [1.54, 1.807) is 9.80 Å². The van der Waals surface area contributed by atoms with Crippen molar-refractivity contribution in [3.8, 4) is 0 Å². The van der Waals surface area contributed by atoms with Crippen molar-refractivity contribution < 1.29 is 19.5 Å². The van der Waals surface area contributed by atoms with Gasteiger partial charge in [-0.05, 0) is 13.3 Å². The van der Waals surface area contributed by atoms with E-state index in [1.807, 2.05) is 0 Å². The number of hydrogen-bond donors (Lipinski definition) is 1. The molecule has 6 nitrogen and oxygen atoms in total. The minimum atomic E-state index is -1.10. The van der Waals surface area contributed by atoms with Crippen LogP contribution in [-0.2, 0) is 14.4 Å². The Balaban J connectivity index is 1.99. The number of carboxylic acids is 1. The number of carboxylic acid groups (broad SMARTS) is 1. The van der Waals surface area contributed by atoms with Crippen LogP contribution < -0.4 is 0 Å². The van der Waals surface area contributed by atoms with E-state index in [4.69, 9.17) is 5.11 Å². The van der Waals surface area contributed by atoms with Gasteiger partial charge in [-0.15, -0.1) is 0 Å². The Labute approximate surface area is 99.2 Å². The molecular formula is C11H16N2O4. The van der Waals surface area contributed by atoms with Gasteiger partial charge in [0.1, 0.15) is 5.92 Å². The molecule has 0 radical (unpaired) electrons. The molecule has 17 heavy (non-hydrogen) atoms. The molecule has 2 fully saturated rings. The zero-order valence-electron chi connectivity index (χ0n) is 9.76. The highest BCUT2D eigenvalue weighted by Crippen LogP contribution is 2.23. The van der Waals surface area contributed by atoms with E-state index in [0.717, 1.165) is 6.42 Å². The maximum Gasteiger partial charge on any atom is 0.315 e. The number of carbonyl (C=O) groups is 3. The summed E-state index contributed by atoms with van der Waals surface area (Å²) in [6.07, 6.45) is 1.31. The molecule has 2 aliphatic heterocycles. The number of amides is 2. The summed E-state index contributed by atoms with van der Waals surface area (Å²) in [6.45, 7) is 2.85. The highest BCUT2D eigenvalue weighted by atomic mass is 16.4. The minimum Gasteiger partial charge on any atom is -0.481 e. The van der Waals surface area contributed by atoms with Gasteiger partial charge in [0.25, 0.3) is 0 Å². The monoisotopic (exact) mass is 240 g/mol. The van der Waals surface area contributed by atoms with Crippen molar-refractivity contribution in [2.24, 2.45) is 5.92 Å². The molecule has 94 valence electrons. The highest BCUT2D eigenvalue weighted by Gasteiger charge is 2.38. The average molecular weight is 240 g/mol. The zero-order valence-corrected chi connectivity index (χ0v) is 9.76. The number of carbonyl (C=O) groups excluding carboxylic acids is 2.